The van der Waals surface area contributed by atoms with Gasteiger partial charge in [-0.25, -0.2) is 4.79 Å². The van der Waals surface area contributed by atoms with E-state index < -0.39 is 5.97 Å². The number of carbonyl (C=O) groups excluding carboxylic acids is 1. The van der Waals surface area contributed by atoms with Crippen molar-refractivity contribution in [1.29, 1.82) is 0 Å². The molecule has 0 aromatic heterocycles. The molecule has 0 saturated carbocycles. The first-order valence-electron chi connectivity index (χ1n) is 6.24. The third kappa shape index (κ3) is 2.80. The van der Waals surface area contributed by atoms with Crippen molar-refractivity contribution in [1.82, 2.24) is 0 Å². The fraction of sp³-hybridized carbons (Fsp3) is 0.188. The van der Waals surface area contributed by atoms with Crippen molar-refractivity contribution >= 4 is 35.1 Å². The summed E-state index contributed by atoms with van der Waals surface area (Å²) in [5.41, 5.74) is 1.22. The monoisotopic (exact) mass is 287 g/mol. The van der Waals surface area contributed by atoms with Crippen molar-refractivity contribution in [3.05, 3.63) is 48.6 Å². The van der Waals surface area contributed by atoms with Gasteiger partial charge in [-0.05, 0) is 11.5 Å². The van der Waals surface area contributed by atoms with Crippen LogP contribution in [0.2, 0.25) is 0 Å². The largest absolute Gasteiger partial charge is 0.421 e. The third-order valence-electron chi connectivity index (χ3n) is 2.99. The maximum absolute atomic E-state index is 11.9. The Balaban J connectivity index is 2.50. The maximum atomic E-state index is 11.9. The Hall–Kier alpha value is -1.94. The zero-order valence-electron chi connectivity index (χ0n) is 11.6. The van der Waals surface area contributed by atoms with Crippen LogP contribution in [0.25, 0.3) is 10.8 Å². The number of thiol groups is 1. The molecule has 0 atom stereocenters. The van der Waals surface area contributed by atoms with Crippen LogP contribution in [0, 0.1) is 0 Å². The Morgan fingerprint density at radius 1 is 1.25 bits per heavy atom. The van der Waals surface area contributed by atoms with Crippen LogP contribution in [-0.4, -0.2) is 25.8 Å². The second-order valence-electron chi connectivity index (χ2n) is 4.68. The highest BCUT2D eigenvalue weighted by atomic mass is 32.1. The van der Waals surface area contributed by atoms with Gasteiger partial charge in [-0.15, -0.1) is 0 Å². The summed E-state index contributed by atoms with van der Waals surface area (Å²) in [5.74, 6) is 0.365. The van der Waals surface area contributed by atoms with E-state index in [2.05, 4.69) is 19.2 Å². The second kappa shape index (κ2) is 6.01. The Kier molecular flexibility index (Phi) is 4.35. The van der Waals surface area contributed by atoms with Crippen molar-refractivity contribution in [3.8, 4) is 5.75 Å². The van der Waals surface area contributed by atoms with Crippen LogP contribution in [0.15, 0.2) is 48.6 Å². The molecular formula is C16H17NO2S. The van der Waals surface area contributed by atoms with Crippen molar-refractivity contribution < 1.29 is 9.53 Å². The molecule has 4 heteroatoms. The fourth-order valence-corrected chi connectivity index (χ4v) is 2.14. The zero-order chi connectivity index (χ0) is 14.7. The molecule has 0 aliphatic heterocycles. The maximum Gasteiger partial charge on any atom is 0.339 e. The number of fused-ring (bicyclic) bond motifs is 1. The predicted octanol–water partition coefficient (Wildman–Crippen LogP) is 3.30. The average Bonchev–Trinajstić information content (AvgIpc) is 2.45. The summed E-state index contributed by atoms with van der Waals surface area (Å²) >= 11 is 4.04. The second-order valence-corrected chi connectivity index (χ2v) is 5.00. The number of benzene rings is 2. The average molecular weight is 287 g/mol. The van der Waals surface area contributed by atoms with Crippen LogP contribution in [0.1, 0.15) is 0 Å². The molecule has 0 unspecified atom stereocenters. The van der Waals surface area contributed by atoms with Gasteiger partial charge in [0.2, 0.25) is 0 Å². The van der Waals surface area contributed by atoms with E-state index in [4.69, 9.17) is 4.74 Å². The fourth-order valence-electron chi connectivity index (χ4n) is 2.02. The molecule has 2 aromatic rings. The molecule has 0 spiro atoms. The van der Waals surface area contributed by atoms with Gasteiger partial charge in [-0.2, -0.15) is 12.6 Å². The van der Waals surface area contributed by atoms with E-state index in [9.17, 15) is 4.79 Å². The molecule has 3 nitrogen and oxygen atoms in total. The Morgan fingerprint density at radius 3 is 2.60 bits per heavy atom. The van der Waals surface area contributed by atoms with E-state index in [0.717, 1.165) is 16.5 Å². The summed E-state index contributed by atoms with van der Waals surface area (Å²) < 4.78 is 5.44. The Bertz CT molecular complexity index is 665. The first-order chi connectivity index (χ1) is 9.54. The molecule has 0 radical (unpaired) electrons. The molecule has 0 saturated heterocycles. The number of esters is 1. The van der Waals surface area contributed by atoms with Gasteiger partial charge in [0.15, 0.2) is 5.75 Å². The minimum Gasteiger partial charge on any atom is -0.421 e. The third-order valence-corrected chi connectivity index (χ3v) is 3.37. The van der Waals surface area contributed by atoms with Gasteiger partial charge in [0, 0.05) is 30.8 Å². The first-order valence-corrected chi connectivity index (χ1v) is 6.87. The highest BCUT2D eigenvalue weighted by Crippen LogP contribution is 2.35. The number of ether oxygens (including phenoxy) is 1. The molecule has 2 rings (SSSR count). The molecule has 0 fully saturated rings. The van der Waals surface area contributed by atoms with Crippen LogP contribution in [0.4, 0.5) is 5.69 Å². The van der Waals surface area contributed by atoms with Gasteiger partial charge < -0.3 is 9.64 Å². The van der Waals surface area contributed by atoms with Crippen LogP contribution >= 0.6 is 12.6 Å². The van der Waals surface area contributed by atoms with Crippen molar-refractivity contribution in [2.24, 2.45) is 0 Å². The van der Waals surface area contributed by atoms with Gasteiger partial charge in [0.05, 0.1) is 5.69 Å². The van der Waals surface area contributed by atoms with E-state index in [-0.39, 0.29) is 5.75 Å². The Labute approximate surface area is 124 Å². The van der Waals surface area contributed by atoms with Crippen LogP contribution < -0.4 is 9.64 Å². The number of nitrogens with zero attached hydrogens (tertiary/aromatic N) is 1. The topological polar surface area (TPSA) is 29.5 Å². The molecule has 0 heterocycles. The minimum absolute atomic E-state index is 0.281. The van der Waals surface area contributed by atoms with Crippen LogP contribution in [0.3, 0.4) is 0 Å². The van der Waals surface area contributed by atoms with Crippen LogP contribution in [-0.2, 0) is 4.79 Å². The summed E-state index contributed by atoms with van der Waals surface area (Å²) in [6.07, 6.45) is 0. The summed E-state index contributed by atoms with van der Waals surface area (Å²) in [5, 5.41) is 2.14. The van der Waals surface area contributed by atoms with E-state index >= 15 is 0 Å². The molecule has 0 aliphatic rings. The van der Waals surface area contributed by atoms with Gasteiger partial charge in [-0.3, -0.25) is 0 Å². The normalized spacial score (nSPS) is 10.3. The van der Waals surface area contributed by atoms with Gasteiger partial charge in [-0.1, -0.05) is 36.9 Å². The lowest BCUT2D eigenvalue weighted by Crippen LogP contribution is -2.16. The summed E-state index contributed by atoms with van der Waals surface area (Å²) in [6.45, 7) is 3.64. The summed E-state index contributed by atoms with van der Waals surface area (Å²) in [6, 6.07) is 11.7. The molecular weight excluding hydrogens is 270 g/mol. The van der Waals surface area contributed by atoms with E-state index in [1.165, 1.54) is 0 Å². The lowest BCUT2D eigenvalue weighted by atomic mass is 10.1. The predicted molar refractivity (Wildman–Crippen MR) is 86.9 cm³/mol. The molecule has 104 valence electrons. The van der Waals surface area contributed by atoms with Crippen molar-refractivity contribution in [3.63, 3.8) is 0 Å². The standard InChI is InChI=1S/C16H17NO2S/c1-11(10-20)16(18)19-14-9-8-12-6-4-5-7-13(12)15(14)17(2)3/h4-9,20H,1,10H2,2-3H3. The highest BCUT2D eigenvalue weighted by molar-refractivity contribution is 7.80. The lowest BCUT2D eigenvalue weighted by Gasteiger charge is -2.19. The molecule has 2 aromatic carbocycles. The van der Waals surface area contributed by atoms with E-state index in [1.54, 1.807) is 6.07 Å². The van der Waals surface area contributed by atoms with Crippen molar-refractivity contribution in [2.75, 3.05) is 24.7 Å². The Morgan fingerprint density at radius 2 is 1.95 bits per heavy atom. The number of carbonyl (C=O) groups is 1. The number of hydrogen-bond donors (Lipinski definition) is 1. The lowest BCUT2D eigenvalue weighted by molar-refractivity contribution is -0.129. The molecule has 0 aliphatic carbocycles. The highest BCUT2D eigenvalue weighted by Gasteiger charge is 2.15. The van der Waals surface area contributed by atoms with Gasteiger partial charge >= 0.3 is 5.97 Å². The minimum atomic E-state index is -0.446. The SMILES string of the molecule is C=C(CS)C(=O)Oc1ccc2ccccc2c1N(C)C. The first kappa shape index (κ1) is 14.5. The number of rotatable bonds is 4. The number of hydrogen-bond acceptors (Lipinski definition) is 4. The summed E-state index contributed by atoms with van der Waals surface area (Å²) in [4.78, 5) is 13.8. The molecule has 0 bridgehead atoms. The summed E-state index contributed by atoms with van der Waals surface area (Å²) in [7, 11) is 3.85. The van der Waals surface area contributed by atoms with E-state index in [0.29, 0.717) is 11.3 Å². The van der Waals surface area contributed by atoms with Gasteiger partial charge in [0.1, 0.15) is 0 Å². The molecule has 0 N–H and O–H groups in total. The molecule has 20 heavy (non-hydrogen) atoms. The smallest absolute Gasteiger partial charge is 0.339 e. The van der Waals surface area contributed by atoms with E-state index in [1.807, 2.05) is 49.3 Å². The molecule has 0 amide bonds. The number of anilines is 1. The van der Waals surface area contributed by atoms with Crippen LogP contribution in [0.5, 0.6) is 5.75 Å². The van der Waals surface area contributed by atoms with Crippen molar-refractivity contribution in [2.45, 2.75) is 0 Å². The van der Waals surface area contributed by atoms with Gasteiger partial charge in [0.25, 0.3) is 0 Å². The quantitative estimate of drug-likeness (QED) is 0.405. The zero-order valence-corrected chi connectivity index (χ0v) is 12.5.